The molecular weight excluding hydrogens is 1540 g/mol. The van der Waals surface area contributed by atoms with Crippen molar-refractivity contribution in [3.63, 3.8) is 0 Å². The molecule has 1 saturated carbocycles. The quantitative estimate of drug-likeness (QED) is 0.0745. The number of aryl methyl sites for hydroxylation is 13. The van der Waals surface area contributed by atoms with Gasteiger partial charge in [0.25, 0.3) is 5.69 Å². The summed E-state index contributed by atoms with van der Waals surface area (Å²) < 4.78 is 12.2. The van der Waals surface area contributed by atoms with Gasteiger partial charge >= 0.3 is 0 Å². The molecule has 10 rings (SSSR count). The molecule has 1 fully saturated rings. The number of aromatic nitrogens is 2. The molecule has 1 aliphatic rings. The molecular formula is C106H175ClN6O7S. The summed E-state index contributed by atoms with van der Waals surface area (Å²) in [4.78, 5) is 20.1. The maximum Gasteiger partial charge on any atom is 0.269 e. The lowest BCUT2D eigenvalue weighted by Crippen LogP contribution is -2.12. The number of nitro groups is 1. The Morgan fingerprint density at radius 2 is 0.934 bits per heavy atom. The summed E-state index contributed by atoms with van der Waals surface area (Å²) in [6.45, 7) is 53.9. The third-order valence-electron chi connectivity index (χ3n) is 17.7. The highest BCUT2D eigenvalue weighted by Crippen LogP contribution is 2.25. The fourth-order valence-corrected chi connectivity index (χ4v) is 9.33. The molecule has 1 aromatic heterocycles. The Labute approximate surface area is 752 Å². The van der Waals surface area contributed by atoms with Crippen LogP contribution in [0, 0.1) is 96.1 Å². The number of halogens is 1. The molecule has 0 bridgehead atoms. The topological polar surface area (TPSA) is 150 Å². The van der Waals surface area contributed by atoms with E-state index in [0.29, 0.717) is 10.8 Å². The van der Waals surface area contributed by atoms with Crippen LogP contribution in [-0.2, 0) is 46.1 Å². The van der Waals surface area contributed by atoms with E-state index in [1.54, 1.807) is 44.3 Å². The number of nitrogens with zero attached hydrogens (tertiary/aromatic N) is 6. The average molecular weight is 1710 g/mol. The first-order valence-electron chi connectivity index (χ1n) is 43.2. The highest BCUT2D eigenvalue weighted by atomic mass is 35.5. The summed E-state index contributed by atoms with van der Waals surface area (Å²) in [5.41, 5.74) is 19.2. The van der Waals surface area contributed by atoms with Gasteiger partial charge in [-0.05, 0) is 278 Å². The van der Waals surface area contributed by atoms with Crippen LogP contribution < -0.4 is 9.47 Å². The van der Waals surface area contributed by atoms with Crippen molar-refractivity contribution in [2.24, 2.45) is 23.8 Å². The average Bonchev–Trinajstić information content (AvgIpc) is 1.44. The maximum atomic E-state index is 10.2. The van der Waals surface area contributed by atoms with Crippen molar-refractivity contribution in [3.8, 4) is 11.5 Å². The molecule has 0 unspecified atom stereocenters. The van der Waals surface area contributed by atoms with Gasteiger partial charge in [0.1, 0.15) is 17.3 Å². The second-order valence-corrected chi connectivity index (χ2v) is 35.1. The Hall–Kier alpha value is -7.63. The van der Waals surface area contributed by atoms with Crippen LogP contribution >= 0.6 is 23.4 Å². The van der Waals surface area contributed by atoms with E-state index in [1.807, 2.05) is 171 Å². The van der Waals surface area contributed by atoms with Crippen LogP contribution in [0.15, 0.2) is 188 Å². The van der Waals surface area contributed by atoms with E-state index in [9.17, 15) is 10.1 Å². The molecule has 8 aromatic carbocycles. The number of rotatable bonds is 13. The minimum absolute atomic E-state index is 0.0661. The number of aliphatic hydroxyl groups is 3. The predicted octanol–water partition coefficient (Wildman–Crippen LogP) is 27.9. The van der Waals surface area contributed by atoms with Gasteiger partial charge in [-0.2, -0.15) is 11.8 Å². The van der Waals surface area contributed by atoms with Crippen LogP contribution in [-0.4, -0.2) is 134 Å². The number of hydrogen-bond donors (Lipinski definition) is 3. The van der Waals surface area contributed by atoms with Crippen molar-refractivity contribution in [2.75, 3.05) is 89.2 Å². The molecule has 0 amide bonds. The molecule has 684 valence electrons. The van der Waals surface area contributed by atoms with Gasteiger partial charge in [0.15, 0.2) is 0 Å². The number of hydrogen-bond acceptors (Lipinski definition) is 12. The largest absolute Gasteiger partial charge is 0.496 e. The molecule has 0 atom stereocenters. The van der Waals surface area contributed by atoms with Crippen LogP contribution in [0.4, 0.5) is 5.69 Å². The van der Waals surface area contributed by atoms with E-state index in [-0.39, 0.29) is 30.4 Å². The molecule has 0 aliphatic heterocycles. The Balaban J connectivity index is -0.000000294. The van der Waals surface area contributed by atoms with Crippen LogP contribution in [0.25, 0.3) is 0 Å². The van der Waals surface area contributed by atoms with E-state index in [2.05, 4.69) is 246 Å². The number of aliphatic hydroxyl groups excluding tert-OH is 3. The SMILES string of the molecule is CC(C)(C)C.CC1CCCCC1.CCC(C)(C)C.CCCCN(C)C.CCN(C)C.CCc1cc(Cl)ccc1C.CCc1ccc([N+](=O)[O-])cc1.CCc1ccccc1.CN(C)C.COc1cc(CO)cc(C)c1C.COc1cc(CO)ccc1C.CSC.Cc1ccc(CO)cc1.Cc1cccc(C)c1.Cc1ccccc1C.Cc1nccn1C. The molecule has 0 radical (unpaired) electrons. The van der Waals surface area contributed by atoms with Gasteiger partial charge in [-0.15, -0.1) is 0 Å². The zero-order valence-corrected chi connectivity index (χ0v) is 84.8. The molecule has 0 spiro atoms. The minimum atomic E-state index is -0.389. The molecule has 0 saturated heterocycles. The van der Waals surface area contributed by atoms with Crippen LogP contribution in [0.3, 0.4) is 0 Å². The first kappa shape index (κ1) is 124. The number of benzene rings is 8. The van der Waals surface area contributed by atoms with E-state index in [1.165, 1.54) is 115 Å². The molecule has 121 heavy (non-hydrogen) atoms. The summed E-state index contributed by atoms with van der Waals surface area (Å²) in [6, 6.07) is 57.2. The third-order valence-corrected chi connectivity index (χ3v) is 18.0. The molecule has 15 heteroatoms. The van der Waals surface area contributed by atoms with Crippen LogP contribution in [0.2, 0.25) is 5.02 Å². The number of non-ortho nitro benzene ring substituents is 1. The normalized spacial score (nSPS) is 10.6. The molecule has 3 N–H and O–H groups in total. The highest BCUT2D eigenvalue weighted by Gasteiger charge is 2.08. The van der Waals surface area contributed by atoms with E-state index < -0.39 is 0 Å². The smallest absolute Gasteiger partial charge is 0.269 e. The fourth-order valence-electron chi connectivity index (χ4n) is 9.14. The Kier molecular flexibility index (Phi) is 80.4. The predicted molar refractivity (Wildman–Crippen MR) is 537 cm³/mol. The fraction of sp³-hybridized carbons (Fsp3) is 0.519. The number of methoxy groups -OCH3 is 2. The van der Waals surface area contributed by atoms with E-state index in [0.717, 1.165) is 93.0 Å². The lowest BCUT2D eigenvalue weighted by Gasteiger charge is -2.15. The maximum absolute atomic E-state index is 10.2. The lowest BCUT2D eigenvalue weighted by molar-refractivity contribution is -0.384. The lowest BCUT2D eigenvalue weighted by atomic mass is 9.91. The number of imidazole rings is 1. The van der Waals surface area contributed by atoms with Crippen molar-refractivity contribution in [3.05, 3.63) is 293 Å². The van der Waals surface area contributed by atoms with Gasteiger partial charge in [-0.3, -0.25) is 10.1 Å². The van der Waals surface area contributed by atoms with E-state index >= 15 is 0 Å². The van der Waals surface area contributed by atoms with Gasteiger partial charge in [-0.1, -0.05) is 310 Å². The number of thioether (sulfide) groups is 1. The zero-order valence-electron chi connectivity index (χ0n) is 83.2. The van der Waals surface area contributed by atoms with Gasteiger partial charge < -0.3 is 44.1 Å². The zero-order chi connectivity index (χ0) is 94.1. The second-order valence-electron chi connectivity index (χ2n) is 33.8. The van der Waals surface area contributed by atoms with Crippen LogP contribution in [0.1, 0.15) is 238 Å². The first-order valence-corrected chi connectivity index (χ1v) is 45.2. The monoisotopic (exact) mass is 1710 g/mol. The van der Waals surface area contributed by atoms with Gasteiger partial charge in [0, 0.05) is 36.6 Å². The number of ether oxygens (including phenoxy) is 2. The van der Waals surface area contributed by atoms with Crippen molar-refractivity contribution in [2.45, 2.75) is 257 Å². The van der Waals surface area contributed by atoms with Crippen LogP contribution in [0.5, 0.6) is 11.5 Å². The first-order chi connectivity index (χ1) is 56.7. The molecule has 9 aromatic rings. The second kappa shape index (κ2) is 78.4. The standard InChI is InChI=1S/C10H14O2.C9H11Cl.C9H12O2.C8H9NO2.C8H10O.3C8H10.C7H14.C6H15N.C6H14.C5H8N2.C5H12.C4H11N.C3H9N.C2H6S/c1-7-4-9(6-11)5-10(12-3)8(7)2;1-3-8-6-9(10)5-4-7(8)2;1-7-3-4-8(6-10)5-9(7)11-2;1-2-7-3-5-8(6-4-7)9(10)11;1-7-2-4-8(6-9)5-3-7;1-7-4-3-5-8(2)6-7;1-7-5-3-4-6-8(7)2;1-2-8-6-4-3-5-7-8;1-7-5-3-2-4-6-7;1-4-5-6-7(2)3;1-5-6(2,3)4;1-5-6-3-4-7(5)2;1-5(2,3)4;1-4-5(2)3;1-4(2)3;1-3-2/h4-5,11H,6H2,1-3H3;4-6H,3H2,1-2H3;3-5,10H,6H2,1-2H3;3-6H,2H2,1H3;2-5,9H,6H2,1H3;2*3-6H,1-2H3;3-7H,2H2,1H3;7H,2-6H2,1H3;4-6H2,1-3H3;5H2,1-4H3;3-4H,1-2H3;1-4H3;4H2,1-3H3;1-3H3;1-2H3. The Morgan fingerprint density at radius 1 is 0.512 bits per heavy atom. The molecule has 1 aliphatic carbocycles. The summed E-state index contributed by atoms with van der Waals surface area (Å²) >= 11 is 7.55. The van der Waals surface area contributed by atoms with Gasteiger partial charge in [0.05, 0.1) is 39.0 Å². The third kappa shape index (κ3) is 80.5. The number of unbranched alkanes of at least 4 members (excludes halogenated alkanes) is 1. The van der Waals surface area contributed by atoms with Crippen molar-refractivity contribution < 1.29 is 29.7 Å². The summed E-state index contributed by atoms with van der Waals surface area (Å²) in [5, 5.41) is 37.4. The Morgan fingerprint density at radius 3 is 1.23 bits per heavy atom. The number of nitro benzene ring substituents is 1. The van der Waals surface area contributed by atoms with Gasteiger partial charge in [-0.25, -0.2) is 4.98 Å². The van der Waals surface area contributed by atoms with Crippen molar-refractivity contribution in [1.82, 2.24) is 24.3 Å². The summed E-state index contributed by atoms with van der Waals surface area (Å²) in [5.74, 6) is 3.77. The van der Waals surface area contributed by atoms with Crippen molar-refractivity contribution in [1.29, 1.82) is 0 Å². The molecule has 1 heterocycles. The van der Waals surface area contributed by atoms with E-state index in [4.69, 9.17) is 36.4 Å². The summed E-state index contributed by atoms with van der Waals surface area (Å²) in [7, 11) is 19.6. The Bertz CT molecular complexity index is 3800. The van der Waals surface area contributed by atoms with Gasteiger partial charge in [0.2, 0.25) is 0 Å². The summed E-state index contributed by atoms with van der Waals surface area (Å²) in [6.07, 6.45) is 22.3. The van der Waals surface area contributed by atoms with Crippen molar-refractivity contribution >= 4 is 29.1 Å². The minimum Gasteiger partial charge on any atom is -0.496 e. The molecule has 13 nitrogen and oxygen atoms in total. The highest BCUT2D eigenvalue weighted by molar-refractivity contribution is 7.97.